The van der Waals surface area contributed by atoms with E-state index in [2.05, 4.69) is 20.6 Å². The molecule has 0 saturated carbocycles. The minimum Gasteiger partial charge on any atom is -0.487 e. The maximum Gasteiger partial charge on any atom is 0.246 e. The van der Waals surface area contributed by atoms with Gasteiger partial charge >= 0.3 is 0 Å². The predicted molar refractivity (Wildman–Crippen MR) is 161 cm³/mol. The van der Waals surface area contributed by atoms with Crippen LogP contribution in [0.5, 0.6) is 5.75 Å². The van der Waals surface area contributed by atoms with E-state index in [-0.39, 0.29) is 24.1 Å². The molecule has 0 unspecified atom stereocenters. The smallest absolute Gasteiger partial charge is 0.246 e. The van der Waals surface area contributed by atoms with E-state index in [0.717, 1.165) is 16.6 Å². The molecular formula is C30H27Cl2N5O4. The zero-order chi connectivity index (χ0) is 29.5. The number of aryl methyl sites for hydroxylation is 1. The van der Waals surface area contributed by atoms with Crippen molar-refractivity contribution in [2.24, 2.45) is 0 Å². The fraction of sp³-hybridized carbons (Fsp3) is 0.167. The fourth-order valence-electron chi connectivity index (χ4n) is 3.87. The number of likely N-dealkylation sites (N-methyl/N-ethyl adjacent to an activating group) is 1. The third-order valence-electron chi connectivity index (χ3n) is 6.07. The van der Waals surface area contributed by atoms with Crippen molar-refractivity contribution < 1.29 is 19.1 Å². The van der Waals surface area contributed by atoms with Crippen molar-refractivity contribution in [1.82, 2.24) is 15.3 Å². The number of amides is 3. The molecule has 0 spiro atoms. The molecule has 0 aliphatic heterocycles. The van der Waals surface area contributed by atoms with Crippen molar-refractivity contribution in [1.29, 1.82) is 0 Å². The first kappa shape index (κ1) is 29.5. The Kier molecular flexibility index (Phi) is 9.54. The van der Waals surface area contributed by atoms with Crippen LogP contribution in [0.15, 0.2) is 66.9 Å². The van der Waals surface area contributed by atoms with Gasteiger partial charge in [0.25, 0.3) is 0 Å². The summed E-state index contributed by atoms with van der Waals surface area (Å²) in [5.74, 6) is -0.0787. The van der Waals surface area contributed by atoms with Crippen LogP contribution in [0.4, 0.5) is 11.5 Å². The van der Waals surface area contributed by atoms with Crippen LogP contribution in [-0.4, -0.2) is 41.3 Å². The first-order valence-electron chi connectivity index (χ1n) is 12.5. The number of rotatable bonds is 9. The van der Waals surface area contributed by atoms with Gasteiger partial charge in [0.2, 0.25) is 17.7 Å². The Morgan fingerprint density at radius 2 is 1.85 bits per heavy atom. The maximum atomic E-state index is 12.9. The van der Waals surface area contributed by atoms with Gasteiger partial charge in [-0.15, -0.1) is 0 Å². The lowest BCUT2D eigenvalue weighted by Crippen LogP contribution is -2.37. The van der Waals surface area contributed by atoms with Crippen LogP contribution in [0.2, 0.25) is 10.0 Å². The quantitative estimate of drug-likeness (QED) is 0.246. The van der Waals surface area contributed by atoms with Crippen molar-refractivity contribution in [2.45, 2.75) is 20.5 Å². The standard InChI is InChI=1S/C30H27Cl2N5O4/c1-18-26(14-21-6-4-5-7-24(21)35-18)41-17-22-23(31)10-11-25(30(22)32)37(3)29(40)16-34-28(39)13-9-20-8-12-27(33-15-20)36-19(2)38/h4-15H,16-17H2,1-3H3,(H,34,39)(H,33,36,38)/b13-9+. The number of pyridine rings is 2. The number of hydrogen-bond donors (Lipinski definition) is 2. The summed E-state index contributed by atoms with van der Waals surface area (Å²) in [5, 5.41) is 6.72. The average Bonchev–Trinajstić information content (AvgIpc) is 2.95. The highest BCUT2D eigenvalue weighted by Crippen LogP contribution is 2.35. The van der Waals surface area contributed by atoms with Gasteiger partial charge in [0.15, 0.2) is 0 Å². The molecule has 9 nitrogen and oxygen atoms in total. The molecule has 0 saturated heterocycles. The van der Waals surface area contributed by atoms with E-state index in [4.69, 9.17) is 27.9 Å². The Hall–Kier alpha value is -4.47. The number of carbonyl (C=O) groups is 3. The molecule has 2 aromatic carbocycles. The van der Waals surface area contributed by atoms with Gasteiger partial charge in [0, 0.05) is 42.2 Å². The predicted octanol–water partition coefficient (Wildman–Crippen LogP) is 5.57. The van der Waals surface area contributed by atoms with E-state index in [9.17, 15) is 14.4 Å². The number of halogens is 2. The Balaban J connectivity index is 1.37. The normalized spacial score (nSPS) is 11.0. The van der Waals surface area contributed by atoms with Crippen LogP contribution in [0.3, 0.4) is 0 Å². The number of fused-ring (bicyclic) bond motifs is 1. The summed E-state index contributed by atoms with van der Waals surface area (Å²) in [6.45, 7) is 3.06. The monoisotopic (exact) mass is 591 g/mol. The van der Waals surface area contributed by atoms with Gasteiger partial charge in [-0.3, -0.25) is 14.4 Å². The molecule has 0 radical (unpaired) electrons. The molecule has 2 heterocycles. The second kappa shape index (κ2) is 13.3. The Morgan fingerprint density at radius 1 is 1.07 bits per heavy atom. The zero-order valence-corrected chi connectivity index (χ0v) is 24.1. The lowest BCUT2D eigenvalue weighted by molar-refractivity contribution is -0.122. The Morgan fingerprint density at radius 3 is 2.59 bits per heavy atom. The fourth-order valence-corrected chi connectivity index (χ4v) is 4.48. The number of nitrogens with one attached hydrogen (secondary N) is 2. The molecule has 0 bridgehead atoms. The van der Waals surface area contributed by atoms with Crippen molar-refractivity contribution in [2.75, 3.05) is 23.8 Å². The molecular weight excluding hydrogens is 565 g/mol. The van der Waals surface area contributed by atoms with E-state index in [1.807, 2.05) is 37.3 Å². The van der Waals surface area contributed by atoms with Crippen LogP contribution in [0.1, 0.15) is 23.7 Å². The summed E-state index contributed by atoms with van der Waals surface area (Å²) >= 11 is 13.1. The van der Waals surface area contributed by atoms with Gasteiger partial charge in [0.05, 0.1) is 28.5 Å². The summed E-state index contributed by atoms with van der Waals surface area (Å²) < 4.78 is 6.03. The molecule has 0 aliphatic rings. The maximum absolute atomic E-state index is 12.9. The summed E-state index contributed by atoms with van der Waals surface area (Å²) in [6.07, 6.45) is 4.34. The highest BCUT2D eigenvalue weighted by atomic mass is 35.5. The molecule has 41 heavy (non-hydrogen) atoms. The number of aromatic nitrogens is 2. The topological polar surface area (TPSA) is 114 Å². The van der Waals surface area contributed by atoms with Gasteiger partial charge < -0.3 is 20.3 Å². The van der Waals surface area contributed by atoms with Crippen LogP contribution >= 0.6 is 23.2 Å². The summed E-state index contributed by atoms with van der Waals surface area (Å²) in [7, 11) is 1.56. The van der Waals surface area contributed by atoms with E-state index < -0.39 is 11.8 Å². The first-order valence-corrected chi connectivity index (χ1v) is 13.3. The number of benzene rings is 2. The number of hydrogen-bond acceptors (Lipinski definition) is 6. The molecule has 0 atom stereocenters. The summed E-state index contributed by atoms with van der Waals surface area (Å²) in [5.41, 5.74) is 3.18. The van der Waals surface area contributed by atoms with E-state index in [1.165, 1.54) is 24.1 Å². The minimum absolute atomic E-state index is 0.0661. The van der Waals surface area contributed by atoms with Crippen LogP contribution in [0, 0.1) is 6.92 Å². The minimum atomic E-state index is -0.464. The third-order valence-corrected chi connectivity index (χ3v) is 6.85. The summed E-state index contributed by atoms with van der Waals surface area (Å²) in [4.78, 5) is 46.2. The molecule has 0 aliphatic carbocycles. The molecule has 3 amide bonds. The number of carbonyl (C=O) groups excluding carboxylic acids is 3. The number of ether oxygens (including phenoxy) is 1. The van der Waals surface area contributed by atoms with Crippen LogP contribution < -0.4 is 20.3 Å². The van der Waals surface area contributed by atoms with Gasteiger partial charge in [-0.2, -0.15) is 0 Å². The van der Waals surface area contributed by atoms with Crippen LogP contribution in [-0.2, 0) is 21.0 Å². The van der Waals surface area contributed by atoms with Gasteiger partial charge in [0.1, 0.15) is 18.2 Å². The van der Waals surface area contributed by atoms with Crippen LogP contribution in [0.25, 0.3) is 17.0 Å². The van der Waals surface area contributed by atoms with Gasteiger partial charge in [-0.05, 0) is 55.0 Å². The van der Waals surface area contributed by atoms with Gasteiger partial charge in [-0.25, -0.2) is 9.97 Å². The molecule has 11 heteroatoms. The molecule has 210 valence electrons. The lowest BCUT2D eigenvalue weighted by Gasteiger charge is -2.21. The highest BCUT2D eigenvalue weighted by molar-refractivity contribution is 6.38. The van der Waals surface area contributed by atoms with E-state index >= 15 is 0 Å². The SMILES string of the molecule is CC(=O)Nc1ccc(/C=C/C(=O)NCC(=O)N(C)c2ccc(Cl)c(COc3cc4ccccc4nc3C)c2Cl)cn1. The Bertz CT molecular complexity index is 1640. The molecule has 2 N–H and O–H groups in total. The molecule has 0 fully saturated rings. The van der Waals surface area contributed by atoms with Crippen molar-refractivity contribution >= 4 is 69.4 Å². The zero-order valence-electron chi connectivity index (χ0n) is 22.6. The van der Waals surface area contributed by atoms with Crippen molar-refractivity contribution in [3.05, 3.63) is 93.7 Å². The number of para-hydroxylation sites is 1. The largest absolute Gasteiger partial charge is 0.487 e. The molecule has 4 rings (SSSR count). The van der Waals surface area contributed by atoms with Crippen molar-refractivity contribution in [3.63, 3.8) is 0 Å². The second-order valence-electron chi connectivity index (χ2n) is 9.07. The van der Waals surface area contributed by atoms with Gasteiger partial charge in [-0.1, -0.05) is 41.4 Å². The molecule has 4 aromatic rings. The molecule has 2 aromatic heterocycles. The first-order chi connectivity index (χ1) is 19.6. The Labute approximate surface area is 247 Å². The van der Waals surface area contributed by atoms with E-state index in [1.54, 1.807) is 37.4 Å². The van der Waals surface area contributed by atoms with E-state index in [0.29, 0.717) is 33.4 Å². The van der Waals surface area contributed by atoms with Crippen molar-refractivity contribution in [3.8, 4) is 5.75 Å². The lowest BCUT2D eigenvalue weighted by atomic mass is 10.1. The third kappa shape index (κ3) is 7.59. The highest BCUT2D eigenvalue weighted by Gasteiger charge is 2.19. The second-order valence-corrected chi connectivity index (χ2v) is 9.86. The number of anilines is 2. The summed E-state index contributed by atoms with van der Waals surface area (Å²) in [6, 6.07) is 16.2. The average molecular weight is 592 g/mol. The number of nitrogens with zero attached hydrogens (tertiary/aromatic N) is 3.